The van der Waals surface area contributed by atoms with Crippen LogP contribution in [0.4, 0.5) is 8.78 Å². The maximum absolute atomic E-state index is 12.1. The van der Waals surface area contributed by atoms with Crippen molar-refractivity contribution in [1.82, 2.24) is 0 Å². The van der Waals surface area contributed by atoms with Crippen molar-refractivity contribution in [2.24, 2.45) is 0 Å². The number of carbonyl (C=O) groups excluding carboxylic acids is 2. The number of hydrogen-bond acceptors (Lipinski definition) is 3. The third-order valence-electron chi connectivity index (χ3n) is 1.82. The number of halogens is 3. The first kappa shape index (κ1) is 12.8. The Kier molecular flexibility index (Phi) is 4.12. The molecule has 1 aromatic rings. The van der Waals surface area contributed by atoms with Gasteiger partial charge in [-0.15, -0.1) is 0 Å². The fourth-order valence-corrected chi connectivity index (χ4v) is 1.64. The van der Waals surface area contributed by atoms with Crippen molar-refractivity contribution in [1.29, 1.82) is 0 Å². The monoisotopic (exact) mass is 292 g/mol. The SMILES string of the molecule is CC(=O)c1cc(Br)cc(OC(F)F)c1C=O. The van der Waals surface area contributed by atoms with E-state index in [0.29, 0.717) is 10.8 Å². The van der Waals surface area contributed by atoms with Gasteiger partial charge in [0.15, 0.2) is 12.1 Å². The van der Waals surface area contributed by atoms with E-state index in [0.717, 1.165) is 0 Å². The molecular formula is C10H7BrF2O3. The van der Waals surface area contributed by atoms with E-state index in [4.69, 9.17) is 0 Å². The summed E-state index contributed by atoms with van der Waals surface area (Å²) < 4.78 is 28.7. The van der Waals surface area contributed by atoms with Crippen molar-refractivity contribution in [3.63, 3.8) is 0 Å². The minimum absolute atomic E-state index is 0.0417. The second-order valence-corrected chi connectivity index (χ2v) is 3.83. The average molecular weight is 293 g/mol. The lowest BCUT2D eigenvalue weighted by Crippen LogP contribution is -2.08. The molecule has 0 heterocycles. The van der Waals surface area contributed by atoms with Gasteiger partial charge in [-0.1, -0.05) is 15.9 Å². The lowest BCUT2D eigenvalue weighted by Gasteiger charge is -2.10. The summed E-state index contributed by atoms with van der Waals surface area (Å²) in [5, 5.41) is 0. The van der Waals surface area contributed by atoms with E-state index in [1.807, 2.05) is 0 Å². The molecule has 16 heavy (non-hydrogen) atoms. The molecular weight excluding hydrogens is 286 g/mol. The summed E-state index contributed by atoms with van der Waals surface area (Å²) in [6, 6.07) is 2.59. The summed E-state index contributed by atoms with van der Waals surface area (Å²) >= 11 is 3.04. The van der Waals surface area contributed by atoms with Crippen LogP contribution in [0.3, 0.4) is 0 Å². The Bertz CT molecular complexity index is 432. The Morgan fingerprint density at radius 2 is 2.12 bits per heavy atom. The highest BCUT2D eigenvalue weighted by Crippen LogP contribution is 2.28. The van der Waals surface area contributed by atoms with Gasteiger partial charge in [0.1, 0.15) is 5.75 Å². The van der Waals surface area contributed by atoms with Crippen LogP contribution in [0.5, 0.6) is 5.75 Å². The first-order valence-corrected chi connectivity index (χ1v) is 4.99. The summed E-state index contributed by atoms with van der Waals surface area (Å²) in [7, 11) is 0. The van der Waals surface area contributed by atoms with Crippen molar-refractivity contribution in [3.05, 3.63) is 27.7 Å². The molecule has 0 saturated heterocycles. The summed E-state index contributed by atoms with van der Waals surface area (Å²) in [5.41, 5.74) is -0.129. The zero-order valence-corrected chi connectivity index (χ0v) is 9.75. The van der Waals surface area contributed by atoms with Crippen LogP contribution in [0.25, 0.3) is 0 Å². The third kappa shape index (κ3) is 2.85. The van der Waals surface area contributed by atoms with Gasteiger partial charge >= 0.3 is 6.61 Å². The Balaban J connectivity index is 3.35. The van der Waals surface area contributed by atoms with Crippen LogP contribution in [-0.4, -0.2) is 18.7 Å². The number of Topliss-reactive ketones (excluding diaryl/α,β-unsaturated/α-hetero) is 1. The molecule has 0 radical (unpaired) electrons. The van der Waals surface area contributed by atoms with Gasteiger partial charge in [0.05, 0.1) is 5.56 Å². The number of rotatable bonds is 4. The molecule has 0 N–H and O–H groups in total. The second-order valence-electron chi connectivity index (χ2n) is 2.92. The predicted octanol–water partition coefficient (Wildman–Crippen LogP) is 3.07. The third-order valence-corrected chi connectivity index (χ3v) is 2.28. The summed E-state index contributed by atoms with van der Waals surface area (Å²) in [6.07, 6.45) is 0.320. The van der Waals surface area contributed by atoms with Gasteiger partial charge < -0.3 is 4.74 Å². The largest absolute Gasteiger partial charge is 0.434 e. The lowest BCUT2D eigenvalue weighted by atomic mass is 10.0. The van der Waals surface area contributed by atoms with Gasteiger partial charge in [-0.3, -0.25) is 9.59 Å². The Labute approximate surface area is 98.5 Å². The minimum Gasteiger partial charge on any atom is -0.434 e. The maximum Gasteiger partial charge on any atom is 0.387 e. The van der Waals surface area contributed by atoms with E-state index in [2.05, 4.69) is 20.7 Å². The normalized spacial score (nSPS) is 10.3. The molecule has 86 valence electrons. The highest BCUT2D eigenvalue weighted by atomic mass is 79.9. The van der Waals surface area contributed by atoms with Gasteiger partial charge in [-0.25, -0.2) is 0 Å². The van der Waals surface area contributed by atoms with Crippen LogP contribution in [0.1, 0.15) is 27.6 Å². The molecule has 1 rings (SSSR count). The molecule has 0 bridgehead atoms. The molecule has 0 aliphatic heterocycles. The van der Waals surface area contributed by atoms with Crippen molar-refractivity contribution >= 4 is 28.0 Å². The standard InChI is InChI=1S/C10H7BrF2O3/c1-5(15)7-2-6(11)3-9(8(7)4-14)16-10(12)13/h2-4,10H,1H3. The van der Waals surface area contributed by atoms with Gasteiger partial charge in [-0.05, 0) is 19.1 Å². The molecule has 0 saturated carbocycles. The second kappa shape index (κ2) is 5.16. The number of alkyl halides is 2. The number of ether oxygens (including phenoxy) is 1. The first-order valence-electron chi connectivity index (χ1n) is 4.20. The van der Waals surface area contributed by atoms with Crippen LogP contribution in [0.2, 0.25) is 0 Å². The number of benzene rings is 1. The van der Waals surface area contributed by atoms with Crippen LogP contribution in [0, 0.1) is 0 Å². The van der Waals surface area contributed by atoms with Crippen molar-refractivity contribution in [2.75, 3.05) is 0 Å². The van der Waals surface area contributed by atoms with Crippen molar-refractivity contribution in [2.45, 2.75) is 13.5 Å². The fourth-order valence-electron chi connectivity index (χ4n) is 1.20. The molecule has 0 aliphatic carbocycles. The number of ketones is 1. The van der Waals surface area contributed by atoms with Crippen molar-refractivity contribution < 1.29 is 23.1 Å². The van der Waals surface area contributed by atoms with E-state index in [1.54, 1.807) is 0 Å². The Morgan fingerprint density at radius 1 is 1.50 bits per heavy atom. The van der Waals surface area contributed by atoms with Crippen LogP contribution in [-0.2, 0) is 0 Å². The van der Waals surface area contributed by atoms with E-state index < -0.39 is 12.4 Å². The summed E-state index contributed by atoms with van der Waals surface area (Å²) in [6.45, 7) is -1.81. The lowest BCUT2D eigenvalue weighted by molar-refractivity contribution is -0.0501. The highest BCUT2D eigenvalue weighted by Gasteiger charge is 2.16. The van der Waals surface area contributed by atoms with Gasteiger partial charge in [0.2, 0.25) is 0 Å². The molecule has 1 aromatic carbocycles. The first-order chi connectivity index (χ1) is 7.45. The van der Waals surface area contributed by atoms with Crippen molar-refractivity contribution in [3.8, 4) is 5.75 Å². The molecule has 0 aliphatic rings. The fraction of sp³-hybridized carbons (Fsp3) is 0.200. The quantitative estimate of drug-likeness (QED) is 0.633. The number of carbonyl (C=O) groups is 2. The zero-order valence-electron chi connectivity index (χ0n) is 8.17. The van der Waals surface area contributed by atoms with E-state index >= 15 is 0 Å². The number of aldehydes is 1. The van der Waals surface area contributed by atoms with Gasteiger partial charge in [0, 0.05) is 10.0 Å². The maximum atomic E-state index is 12.1. The molecule has 0 spiro atoms. The summed E-state index contributed by atoms with van der Waals surface area (Å²) in [5.74, 6) is -0.716. The van der Waals surface area contributed by atoms with E-state index in [-0.39, 0.29) is 16.9 Å². The van der Waals surface area contributed by atoms with Crippen LogP contribution >= 0.6 is 15.9 Å². The van der Waals surface area contributed by atoms with Crippen LogP contribution in [0.15, 0.2) is 16.6 Å². The van der Waals surface area contributed by atoms with Crippen LogP contribution < -0.4 is 4.74 Å². The number of hydrogen-bond donors (Lipinski definition) is 0. The molecule has 0 atom stereocenters. The smallest absolute Gasteiger partial charge is 0.387 e. The molecule has 0 aromatic heterocycles. The predicted molar refractivity (Wildman–Crippen MR) is 56.2 cm³/mol. The average Bonchev–Trinajstić information content (AvgIpc) is 2.15. The molecule has 6 heteroatoms. The van der Waals surface area contributed by atoms with E-state index in [1.165, 1.54) is 19.1 Å². The Morgan fingerprint density at radius 3 is 2.56 bits per heavy atom. The molecule has 0 unspecified atom stereocenters. The van der Waals surface area contributed by atoms with Gasteiger partial charge in [-0.2, -0.15) is 8.78 Å². The summed E-state index contributed by atoms with van der Waals surface area (Å²) in [4.78, 5) is 21.9. The topological polar surface area (TPSA) is 43.4 Å². The molecule has 0 amide bonds. The molecule has 3 nitrogen and oxygen atoms in total. The zero-order chi connectivity index (χ0) is 12.3. The highest BCUT2D eigenvalue weighted by molar-refractivity contribution is 9.10. The minimum atomic E-state index is -3.05. The van der Waals surface area contributed by atoms with Gasteiger partial charge in [0.25, 0.3) is 0 Å². The van der Waals surface area contributed by atoms with E-state index in [9.17, 15) is 18.4 Å². The Hall–Kier alpha value is -1.30. The molecule has 0 fully saturated rings.